The fourth-order valence-electron chi connectivity index (χ4n) is 1.94. The highest BCUT2D eigenvalue weighted by Gasteiger charge is 2.38. The zero-order chi connectivity index (χ0) is 11.8. The third kappa shape index (κ3) is 2.31. The molecular formula is C9H13BrN2O2S2. The van der Waals surface area contributed by atoms with Gasteiger partial charge >= 0.3 is 0 Å². The quantitative estimate of drug-likeness (QED) is 0.838. The highest BCUT2D eigenvalue weighted by atomic mass is 79.9. The van der Waals surface area contributed by atoms with Crippen LogP contribution in [0, 0.1) is 0 Å². The first-order valence-corrected chi connectivity index (χ1v) is 8.24. The van der Waals surface area contributed by atoms with Gasteiger partial charge in [-0.2, -0.15) is 17.7 Å². The lowest BCUT2D eigenvalue weighted by atomic mass is 9.95. The van der Waals surface area contributed by atoms with E-state index in [1.54, 1.807) is 6.20 Å². The molecule has 0 bridgehead atoms. The summed E-state index contributed by atoms with van der Waals surface area (Å²) < 4.78 is 25.6. The van der Waals surface area contributed by atoms with Crippen molar-refractivity contribution >= 4 is 38.4 Å². The number of hydrogen-bond donors (Lipinski definition) is 1. The van der Waals surface area contributed by atoms with Crippen LogP contribution in [-0.4, -0.2) is 35.5 Å². The Bertz CT molecular complexity index is 469. The maximum atomic E-state index is 11.4. The van der Waals surface area contributed by atoms with Crippen LogP contribution in [0.15, 0.2) is 16.9 Å². The standard InChI is InChI=1S/C9H13BrN2O2S2/c10-8-5-11-12(6-8)9(7-15)1-3-16(13,14)4-2-9/h5-6,15H,1-4,7H2. The second-order valence-corrected chi connectivity index (χ2v) is 7.67. The minimum atomic E-state index is -2.85. The van der Waals surface area contributed by atoms with Gasteiger partial charge in [0.1, 0.15) is 0 Å². The second-order valence-electron chi connectivity index (χ2n) is 4.14. The fraction of sp³-hybridized carbons (Fsp3) is 0.667. The first-order chi connectivity index (χ1) is 7.47. The summed E-state index contributed by atoms with van der Waals surface area (Å²) in [6, 6.07) is 0. The van der Waals surface area contributed by atoms with Gasteiger partial charge in [-0.25, -0.2) is 8.42 Å². The molecule has 1 saturated heterocycles. The van der Waals surface area contributed by atoms with Gasteiger partial charge in [0.25, 0.3) is 0 Å². The lowest BCUT2D eigenvalue weighted by Crippen LogP contribution is -2.43. The molecule has 0 aliphatic carbocycles. The van der Waals surface area contributed by atoms with Gasteiger partial charge in [0.2, 0.25) is 0 Å². The third-order valence-electron chi connectivity index (χ3n) is 3.09. The molecule has 0 unspecified atom stereocenters. The summed E-state index contributed by atoms with van der Waals surface area (Å²) in [5, 5.41) is 4.26. The second kappa shape index (κ2) is 4.34. The van der Waals surface area contributed by atoms with Crippen molar-refractivity contribution in [2.45, 2.75) is 18.4 Å². The van der Waals surface area contributed by atoms with Crippen LogP contribution in [0.2, 0.25) is 0 Å². The predicted molar refractivity (Wildman–Crippen MR) is 69.6 cm³/mol. The summed E-state index contributed by atoms with van der Waals surface area (Å²) >= 11 is 7.70. The molecule has 0 N–H and O–H groups in total. The average Bonchev–Trinajstić information content (AvgIpc) is 2.66. The number of thiol groups is 1. The van der Waals surface area contributed by atoms with E-state index >= 15 is 0 Å². The van der Waals surface area contributed by atoms with Crippen molar-refractivity contribution in [1.29, 1.82) is 0 Å². The van der Waals surface area contributed by atoms with E-state index in [1.165, 1.54) is 0 Å². The Labute approximate surface area is 109 Å². The lowest BCUT2D eigenvalue weighted by Gasteiger charge is -2.36. The van der Waals surface area contributed by atoms with Crippen molar-refractivity contribution in [2.24, 2.45) is 0 Å². The maximum absolute atomic E-state index is 11.4. The van der Waals surface area contributed by atoms with Gasteiger partial charge in [-0.15, -0.1) is 0 Å². The number of halogens is 1. The molecule has 0 atom stereocenters. The molecule has 1 aromatic rings. The van der Waals surface area contributed by atoms with Crippen molar-refractivity contribution in [3.8, 4) is 0 Å². The molecule has 1 aromatic heterocycles. The van der Waals surface area contributed by atoms with E-state index in [2.05, 4.69) is 33.7 Å². The molecule has 2 rings (SSSR count). The molecule has 16 heavy (non-hydrogen) atoms. The Balaban J connectivity index is 2.28. The van der Waals surface area contributed by atoms with E-state index in [0.29, 0.717) is 18.6 Å². The normalized spacial score (nSPS) is 23.1. The van der Waals surface area contributed by atoms with Gasteiger partial charge in [0.05, 0.1) is 27.7 Å². The van der Waals surface area contributed by atoms with Gasteiger partial charge < -0.3 is 0 Å². The Hall–Kier alpha value is -0.0100. The summed E-state index contributed by atoms with van der Waals surface area (Å²) in [5.74, 6) is 1.06. The van der Waals surface area contributed by atoms with Crippen LogP contribution in [0.5, 0.6) is 0 Å². The molecule has 1 aliphatic heterocycles. The Morgan fingerprint density at radius 2 is 2.12 bits per heavy atom. The molecular weight excluding hydrogens is 312 g/mol. The zero-order valence-electron chi connectivity index (χ0n) is 8.63. The molecule has 7 heteroatoms. The molecule has 0 aromatic carbocycles. The summed E-state index contributed by atoms with van der Waals surface area (Å²) in [7, 11) is -2.85. The van der Waals surface area contributed by atoms with E-state index in [1.807, 2.05) is 10.9 Å². The van der Waals surface area contributed by atoms with Crippen molar-refractivity contribution in [3.63, 3.8) is 0 Å². The SMILES string of the molecule is O=S1(=O)CCC(CS)(n2cc(Br)cn2)CC1. The van der Waals surface area contributed by atoms with Crippen LogP contribution in [0.25, 0.3) is 0 Å². The average molecular weight is 325 g/mol. The number of sulfone groups is 1. The summed E-state index contributed by atoms with van der Waals surface area (Å²) in [6.07, 6.45) is 4.78. The summed E-state index contributed by atoms with van der Waals surface area (Å²) in [5.41, 5.74) is -0.250. The largest absolute Gasteiger partial charge is 0.265 e. The van der Waals surface area contributed by atoms with E-state index < -0.39 is 9.84 Å². The predicted octanol–water partition coefficient (Wildman–Crippen LogP) is 1.48. The molecule has 2 heterocycles. The van der Waals surface area contributed by atoms with Gasteiger partial charge in [0.15, 0.2) is 9.84 Å². The molecule has 0 amide bonds. The van der Waals surface area contributed by atoms with Gasteiger partial charge in [-0.3, -0.25) is 4.68 Å². The van der Waals surface area contributed by atoms with E-state index in [0.717, 1.165) is 4.47 Å². The topological polar surface area (TPSA) is 52.0 Å². The molecule has 0 radical (unpaired) electrons. The molecule has 1 fully saturated rings. The maximum Gasteiger partial charge on any atom is 0.150 e. The van der Waals surface area contributed by atoms with Crippen LogP contribution in [0.3, 0.4) is 0 Å². The van der Waals surface area contributed by atoms with Crippen LogP contribution < -0.4 is 0 Å². The lowest BCUT2D eigenvalue weighted by molar-refractivity contribution is 0.265. The van der Waals surface area contributed by atoms with Crippen LogP contribution in [-0.2, 0) is 15.4 Å². The fourth-order valence-corrected chi connectivity index (χ4v) is 4.27. The van der Waals surface area contributed by atoms with Gasteiger partial charge in [-0.05, 0) is 28.8 Å². The first-order valence-electron chi connectivity index (χ1n) is 4.99. The summed E-state index contributed by atoms with van der Waals surface area (Å²) in [4.78, 5) is 0. The zero-order valence-corrected chi connectivity index (χ0v) is 11.9. The van der Waals surface area contributed by atoms with Gasteiger partial charge in [0, 0.05) is 11.9 Å². The number of nitrogens with zero attached hydrogens (tertiary/aromatic N) is 2. The van der Waals surface area contributed by atoms with Crippen molar-refractivity contribution in [1.82, 2.24) is 9.78 Å². The highest BCUT2D eigenvalue weighted by Crippen LogP contribution is 2.32. The number of hydrogen-bond acceptors (Lipinski definition) is 4. The molecule has 0 saturated carbocycles. The Morgan fingerprint density at radius 1 is 1.50 bits per heavy atom. The van der Waals surface area contributed by atoms with Crippen LogP contribution >= 0.6 is 28.6 Å². The smallest absolute Gasteiger partial charge is 0.150 e. The highest BCUT2D eigenvalue weighted by molar-refractivity contribution is 9.10. The monoisotopic (exact) mass is 324 g/mol. The molecule has 1 aliphatic rings. The van der Waals surface area contributed by atoms with E-state index in [9.17, 15) is 8.42 Å². The Kier molecular flexibility index (Phi) is 3.38. The van der Waals surface area contributed by atoms with Crippen molar-refractivity contribution in [3.05, 3.63) is 16.9 Å². The molecule has 90 valence electrons. The van der Waals surface area contributed by atoms with Crippen molar-refractivity contribution in [2.75, 3.05) is 17.3 Å². The van der Waals surface area contributed by atoms with Crippen LogP contribution in [0.4, 0.5) is 0 Å². The first kappa shape index (κ1) is 12.4. The van der Waals surface area contributed by atoms with Crippen molar-refractivity contribution < 1.29 is 8.42 Å². The molecule has 4 nitrogen and oxygen atoms in total. The minimum absolute atomic E-state index is 0.227. The number of rotatable bonds is 2. The Morgan fingerprint density at radius 3 is 2.56 bits per heavy atom. The summed E-state index contributed by atoms with van der Waals surface area (Å²) in [6.45, 7) is 0. The van der Waals surface area contributed by atoms with E-state index in [-0.39, 0.29) is 17.0 Å². The van der Waals surface area contributed by atoms with Crippen LogP contribution in [0.1, 0.15) is 12.8 Å². The third-order valence-corrected chi connectivity index (χ3v) is 5.74. The van der Waals surface area contributed by atoms with Gasteiger partial charge in [-0.1, -0.05) is 0 Å². The molecule has 0 spiro atoms. The van der Waals surface area contributed by atoms with E-state index in [4.69, 9.17) is 0 Å². The number of aromatic nitrogens is 2. The minimum Gasteiger partial charge on any atom is -0.265 e.